The van der Waals surface area contributed by atoms with Crippen LogP contribution in [0.1, 0.15) is 25.7 Å². The molecular formula is C19H27N5O4. The van der Waals surface area contributed by atoms with E-state index in [0.29, 0.717) is 25.3 Å². The predicted octanol–water partition coefficient (Wildman–Crippen LogP) is 1.11. The molecule has 2 amide bonds. The van der Waals surface area contributed by atoms with Crippen LogP contribution in [0.4, 0.5) is 11.4 Å². The molecule has 1 aromatic rings. The molecule has 1 aromatic carbocycles. The summed E-state index contributed by atoms with van der Waals surface area (Å²) in [5.74, 6) is 0.180. The van der Waals surface area contributed by atoms with Crippen LogP contribution < -0.4 is 16.0 Å². The third-order valence-corrected chi connectivity index (χ3v) is 5.34. The number of carbonyl (C=O) groups excluding carboxylic acids is 2. The minimum atomic E-state index is -0.467. The number of benzene rings is 1. The zero-order valence-electron chi connectivity index (χ0n) is 15.9. The Hall–Kier alpha value is -2.68. The van der Waals surface area contributed by atoms with Crippen LogP contribution in [0.15, 0.2) is 24.3 Å². The number of para-hydroxylation sites is 2. The van der Waals surface area contributed by atoms with Crippen molar-refractivity contribution in [2.75, 3.05) is 38.0 Å². The Morgan fingerprint density at radius 2 is 2.07 bits per heavy atom. The molecule has 152 valence electrons. The van der Waals surface area contributed by atoms with Crippen LogP contribution in [0, 0.1) is 16.0 Å². The van der Waals surface area contributed by atoms with Gasteiger partial charge in [0.2, 0.25) is 11.8 Å². The smallest absolute Gasteiger partial charge is 0.292 e. The van der Waals surface area contributed by atoms with Crippen LogP contribution >= 0.6 is 0 Å². The number of piperidine rings is 1. The fourth-order valence-electron chi connectivity index (χ4n) is 3.80. The number of nitro groups is 1. The molecular weight excluding hydrogens is 362 g/mol. The van der Waals surface area contributed by atoms with Crippen LogP contribution in [0.3, 0.4) is 0 Å². The highest BCUT2D eigenvalue weighted by atomic mass is 16.6. The molecule has 0 aromatic heterocycles. The highest BCUT2D eigenvalue weighted by Gasteiger charge is 2.26. The number of rotatable bonds is 7. The molecule has 0 bridgehead atoms. The van der Waals surface area contributed by atoms with Gasteiger partial charge in [-0.2, -0.15) is 0 Å². The molecule has 2 fully saturated rings. The summed E-state index contributed by atoms with van der Waals surface area (Å²) in [6, 6.07) is 6.20. The van der Waals surface area contributed by atoms with Gasteiger partial charge in [0.15, 0.2) is 0 Å². The first-order valence-corrected chi connectivity index (χ1v) is 9.80. The van der Waals surface area contributed by atoms with Gasteiger partial charge < -0.3 is 20.9 Å². The predicted molar refractivity (Wildman–Crippen MR) is 105 cm³/mol. The van der Waals surface area contributed by atoms with Gasteiger partial charge in [0, 0.05) is 25.7 Å². The lowest BCUT2D eigenvalue weighted by atomic mass is 9.97. The maximum absolute atomic E-state index is 12.5. The van der Waals surface area contributed by atoms with Crippen molar-refractivity contribution in [1.29, 1.82) is 0 Å². The number of amides is 2. The summed E-state index contributed by atoms with van der Waals surface area (Å²) in [6.45, 7) is 2.73. The molecule has 9 nitrogen and oxygen atoms in total. The first-order valence-electron chi connectivity index (χ1n) is 9.80. The largest absolute Gasteiger partial charge is 0.371 e. The van der Waals surface area contributed by atoms with Crippen molar-refractivity contribution in [2.45, 2.75) is 31.7 Å². The van der Waals surface area contributed by atoms with E-state index in [0.717, 1.165) is 32.2 Å². The Morgan fingerprint density at radius 3 is 2.82 bits per heavy atom. The lowest BCUT2D eigenvalue weighted by molar-refractivity contribution is -0.383. The van der Waals surface area contributed by atoms with E-state index < -0.39 is 4.92 Å². The molecule has 2 atom stereocenters. The van der Waals surface area contributed by atoms with Crippen LogP contribution in [0.2, 0.25) is 0 Å². The first kappa shape index (κ1) is 20.1. The third-order valence-electron chi connectivity index (χ3n) is 5.34. The zero-order valence-corrected chi connectivity index (χ0v) is 15.9. The van der Waals surface area contributed by atoms with Gasteiger partial charge >= 0.3 is 0 Å². The molecule has 3 N–H and O–H groups in total. The van der Waals surface area contributed by atoms with Crippen molar-refractivity contribution in [3.05, 3.63) is 34.4 Å². The lowest BCUT2D eigenvalue weighted by Gasteiger charge is -2.33. The van der Waals surface area contributed by atoms with E-state index in [9.17, 15) is 19.7 Å². The average Bonchev–Trinajstić information content (AvgIpc) is 3.25. The Kier molecular flexibility index (Phi) is 6.80. The normalized spacial score (nSPS) is 21.9. The molecule has 2 aliphatic rings. The maximum Gasteiger partial charge on any atom is 0.292 e. The Morgan fingerprint density at radius 1 is 1.25 bits per heavy atom. The maximum atomic E-state index is 12.5. The molecule has 2 aliphatic heterocycles. The molecule has 0 aliphatic carbocycles. The van der Waals surface area contributed by atoms with E-state index >= 15 is 0 Å². The molecule has 2 unspecified atom stereocenters. The SMILES string of the molecule is O=C(NCC1CCCN(C(=O)CNc2ccccc2[N+](=O)[O-])C1)C1CCCN1. The molecule has 0 saturated carbocycles. The summed E-state index contributed by atoms with van der Waals surface area (Å²) in [6.07, 6.45) is 3.76. The second-order valence-corrected chi connectivity index (χ2v) is 7.37. The van der Waals surface area contributed by atoms with Crippen molar-refractivity contribution >= 4 is 23.2 Å². The van der Waals surface area contributed by atoms with E-state index in [2.05, 4.69) is 16.0 Å². The Labute approximate surface area is 164 Å². The molecule has 0 spiro atoms. The fraction of sp³-hybridized carbons (Fsp3) is 0.579. The Balaban J connectivity index is 1.46. The standard InChI is InChI=1S/C19H27N5O4/c25-18(12-21-15-6-1-2-8-17(15)24(27)28)23-10-4-5-14(13-23)11-22-19(26)16-7-3-9-20-16/h1-2,6,8,14,16,20-21H,3-5,7,9-13H2,(H,22,26). The average molecular weight is 389 g/mol. The van der Waals surface area contributed by atoms with E-state index in [4.69, 9.17) is 0 Å². The van der Waals surface area contributed by atoms with Crippen molar-refractivity contribution in [3.63, 3.8) is 0 Å². The second-order valence-electron chi connectivity index (χ2n) is 7.37. The second kappa shape index (κ2) is 9.50. The number of nitrogens with one attached hydrogen (secondary N) is 3. The summed E-state index contributed by atoms with van der Waals surface area (Å²) < 4.78 is 0. The monoisotopic (exact) mass is 389 g/mol. The molecule has 3 rings (SSSR count). The third kappa shape index (κ3) is 5.19. The van der Waals surface area contributed by atoms with E-state index in [-0.39, 0.29) is 36.0 Å². The van der Waals surface area contributed by atoms with Gasteiger partial charge in [0.1, 0.15) is 5.69 Å². The molecule has 28 heavy (non-hydrogen) atoms. The number of nitro benzene ring substituents is 1. The van der Waals surface area contributed by atoms with Gasteiger partial charge in [0.05, 0.1) is 17.5 Å². The topological polar surface area (TPSA) is 117 Å². The van der Waals surface area contributed by atoms with E-state index in [1.807, 2.05) is 0 Å². The summed E-state index contributed by atoms with van der Waals surface area (Å²) in [4.78, 5) is 37.0. The zero-order chi connectivity index (χ0) is 19.9. The minimum absolute atomic E-state index is 0.00985. The number of carbonyl (C=O) groups is 2. The lowest BCUT2D eigenvalue weighted by Crippen LogP contribution is -2.47. The van der Waals surface area contributed by atoms with Gasteiger partial charge in [-0.05, 0) is 44.2 Å². The van der Waals surface area contributed by atoms with Gasteiger partial charge in [0.25, 0.3) is 5.69 Å². The minimum Gasteiger partial charge on any atom is -0.371 e. The van der Waals surface area contributed by atoms with Crippen molar-refractivity contribution in [3.8, 4) is 0 Å². The number of anilines is 1. The van der Waals surface area contributed by atoms with Crippen molar-refractivity contribution in [1.82, 2.24) is 15.5 Å². The molecule has 9 heteroatoms. The van der Waals surface area contributed by atoms with Crippen LogP contribution in [0.5, 0.6) is 0 Å². The number of hydrogen-bond acceptors (Lipinski definition) is 6. The van der Waals surface area contributed by atoms with Gasteiger partial charge in [-0.15, -0.1) is 0 Å². The van der Waals surface area contributed by atoms with Gasteiger partial charge in [-0.25, -0.2) is 0 Å². The highest BCUT2D eigenvalue weighted by molar-refractivity contribution is 5.82. The van der Waals surface area contributed by atoms with Crippen molar-refractivity contribution in [2.24, 2.45) is 5.92 Å². The summed E-state index contributed by atoms with van der Waals surface area (Å²) in [5.41, 5.74) is 0.292. The molecule has 2 saturated heterocycles. The number of nitrogens with zero attached hydrogens (tertiary/aromatic N) is 2. The van der Waals surface area contributed by atoms with Gasteiger partial charge in [-0.3, -0.25) is 19.7 Å². The molecule has 0 radical (unpaired) electrons. The quantitative estimate of drug-likeness (QED) is 0.475. The first-order chi connectivity index (χ1) is 13.5. The van der Waals surface area contributed by atoms with Gasteiger partial charge in [-0.1, -0.05) is 12.1 Å². The summed E-state index contributed by atoms with van der Waals surface area (Å²) in [7, 11) is 0. The van der Waals surface area contributed by atoms with Crippen LogP contribution in [-0.4, -0.2) is 60.4 Å². The summed E-state index contributed by atoms with van der Waals surface area (Å²) >= 11 is 0. The van der Waals surface area contributed by atoms with Crippen LogP contribution in [-0.2, 0) is 9.59 Å². The van der Waals surface area contributed by atoms with Crippen molar-refractivity contribution < 1.29 is 14.5 Å². The Bertz CT molecular complexity index is 720. The fourth-order valence-corrected chi connectivity index (χ4v) is 3.80. The number of hydrogen-bond donors (Lipinski definition) is 3. The van der Waals surface area contributed by atoms with E-state index in [1.54, 1.807) is 23.1 Å². The van der Waals surface area contributed by atoms with E-state index in [1.165, 1.54) is 6.07 Å². The highest BCUT2D eigenvalue weighted by Crippen LogP contribution is 2.23. The van der Waals surface area contributed by atoms with Crippen LogP contribution in [0.25, 0.3) is 0 Å². The molecule has 2 heterocycles. The summed E-state index contributed by atoms with van der Waals surface area (Å²) in [5, 5.41) is 20.1. The number of likely N-dealkylation sites (tertiary alicyclic amines) is 1.